The zero-order valence-electron chi connectivity index (χ0n) is 17.3. The van der Waals surface area contributed by atoms with Crippen molar-refractivity contribution in [2.24, 2.45) is 0 Å². The number of anilines is 1. The zero-order valence-corrected chi connectivity index (χ0v) is 18.1. The summed E-state index contributed by atoms with van der Waals surface area (Å²) in [6, 6.07) is 11.7. The molecule has 1 atom stereocenters. The number of benzene rings is 1. The van der Waals surface area contributed by atoms with Gasteiger partial charge in [-0.15, -0.1) is 10.2 Å². The summed E-state index contributed by atoms with van der Waals surface area (Å²) in [4.78, 5) is 3.99. The van der Waals surface area contributed by atoms with Crippen LogP contribution in [0.15, 0.2) is 59.3 Å². The van der Waals surface area contributed by atoms with Gasteiger partial charge in [0.2, 0.25) is 11.8 Å². The van der Waals surface area contributed by atoms with Crippen molar-refractivity contribution in [3.63, 3.8) is 0 Å². The number of hydrogen-bond acceptors (Lipinski definition) is 7. The van der Waals surface area contributed by atoms with Gasteiger partial charge in [0, 0.05) is 17.9 Å². The number of methoxy groups -OCH3 is 2. The Kier molecular flexibility index (Phi) is 6.45. The van der Waals surface area contributed by atoms with Crippen LogP contribution in [0.1, 0.15) is 5.69 Å². The van der Waals surface area contributed by atoms with Gasteiger partial charge in [-0.1, -0.05) is 6.07 Å². The predicted molar refractivity (Wildman–Crippen MR) is 117 cm³/mol. The van der Waals surface area contributed by atoms with Crippen LogP contribution in [0.5, 0.6) is 11.5 Å². The van der Waals surface area contributed by atoms with Gasteiger partial charge in [-0.3, -0.25) is 14.3 Å². The molecule has 0 amide bonds. The number of aryl methyl sites for hydroxylation is 1. The lowest BCUT2D eigenvalue weighted by Gasteiger charge is -2.17. The second kappa shape index (κ2) is 9.60. The molecule has 0 aliphatic heterocycles. The van der Waals surface area contributed by atoms with Crippen molar-refractivity contribution in [1.29, 1.82) is 0 Å². The third-order valence-electron chi connectivity index (χ3n) is 4.57. The number of halogens is 1. The topological polar surface area (TPSA) is 104 Å². The second-order valence-corrected chi connectivity index (χ2v) is 7.84. The van der Waals surface area contributed by atoms with Gasteiger partial charge in [0.1, 0.15) is 34.0 Å². The zero-order chi connectivity index (χ0) is 22.5. The maximum atomic E-state index is 13.0. The Morgan fingerprint density at radius 2 is 1.88 bits per heavy atom. The van der Waals surface area contributed by atoms with E-state index in [1.165, 1.54) is 26.5 Å². The van der Waals surface area contributed by atoms with E-state index in [-0.39, 0.29) is 11.7 Å². The Labute approximate surface area is 185 Å². The maximum absolute atomic E-state index is 13.0. The fourth-order valence-corrected chi connectivity index (χ4v) is 3.92. The van der Waals surface area contributed by atoms with E-state index in [9.17, 15) is 8.60 Å². The van der Waals surface area contributed by atoms with Gasteiger partial charge in [0.05, 0.1) is 26.7 Å². The fourth-order valence-electron chi connectivity index (χ4n) is 3.08. The number of para-hydroxylation sites is 1. The summed E-state index contributed by atoms with van der Waals surface area (Å²) in [7, 11) is 1.54. The summed E-state index contributed by atoms with van der Waals surface area (Å²) in [5.41, 5.74) is 1.15. The predicted octanol–water partition coefficient (Wildman–Crippen LogP) is 3.40. The third kappa shape index (κ3) is 4.47. The molecule has 4 rings (SSSR count). The molecule has 0 radical (unpaired) electrons. The van der Waals surface area contributed by atoms with E-state index >= 15 is 0 Å². The summed E-state index contributed by atoms with van der Waals surface area (Å²) < 4.78 is 46.9. The van der Waals surface area contributed by atoms with E-state index in [4.69, 9.17) is 13.9 Å². The van der Waals surface area contributed by atoms with E-state index in [2.05, 4.69) is 19.9 Å². The number of nitrogens with zero attached hydrogens (tertiary/aromatic N) is 4. The lowest BCUT2D eigenvalue weighted by Crippen LogP contribution is -2.15. The molecule has 0 aliphatic carbocycles. The highest BCUT2D eigenvalue weighted by atomic mass is 32.2. The first-order valence-corrected chi connectivity index (χ1v) is 10.9. The van der Waals surface area contributed by atoms with E-state index in [0.717, 1.165) is 6.20 Å². The normalized spacial score (nSPS) is 11.8. The van der Waals surface area contributed by atoms with Crippen molar-refractivity contribution >= 4 is 16.9 Å². The molecule has 0 fully saturated rings. The average molecular weight is 457 g/mol. The molecule has 0 spiro atoms. The number of ether oxygens (including phenoxy) is 2. The van der Waals surface area contributed by atoms with Crippen molar-refractivity contribution in [3.8, 4) is 28.8 Å². The molecule has 0 saturated carbocycles. The first-order valence-electron chi connectivity index (χ1n) is 9.57. The molecular formula is C21H20FN5O4S. The Balaban J connectivity index is 1.68. The molecule has 4 aromatic rings. The van der Waals surface area contributed by atoms with Crippen molar-refractivity contribution < 1.29 is 22.5 Å². The molecule has 0 aliphatic rings. The van der Waals surface area contributed by atoms with Crippen LogP contribution in [0.4, 0.5) is 10.3 Å². The standard InChI is InChI=1S/C21H20FN5O4S/c1-29-16-5-3-6-17(30-2)19(16)27-20(18-7-4-11-31-18)24-25-21(27)26-32(28)12-10-15-9-8-14(22)13-23-15/h3-9,11,13H,10,12H2,1-2H3,(H,25,26). The van der Waals surface area contributed by atoms with Crippen LogP contribution >= 0.6 is 0 Å². The van der Waals surface area contributed by atoms with E-state index < -0.39 is 16.8 Å². The number of furan rings is 1. The molecule has 9 nitrogen and oxygen atoms in total. The van der Waals surface area contributed by atoms with Crippen molar-refractivity contribution in [2.45, 2.75) is 6.42 Å². The van der Waals surface area contributed by atoms with Gasteiger partial charge >= 0.3 is 0 Å². The van der Waals surface area contributed by atoms with Crippen molar-refractivity contribution in [3.05, 3.63) is 66.4 Å². The molecule has 1 N–H and O–H groups in total. The monoisotopic (exact) mass is 457 g/mol. The quantitative estimate of drug-likeness (QED) is 0.411. The lowest BCUT2D eigenvalue weighted by molar-refractivity contribution is 0.391. The molecule has 166 valence electrons. The summed E-state index contributed by atoms with van der Waals surface area (Å²) in [6.07, 6.45) is 3.04. The maximum Gasteiger partial charge on any atom is 0.241 e. The average Bonchev–Trinajstić information content (AvgIpc) is 3.48. The second-order valence-electron chi connectivity index (χ2n) is 6.54. The molecular weight excluding hydrogens is 437 g/mol. The number of aromatic nitrogens is 4. The van der Waals surface area contributed by atoms with Crippen LogP contribution < -0.4 is 14.2 Å². The Morgan fingerprint density at radius 1 is 1.09 bits per heavy atom. The minimum atomic E-state index is -1.53. The van der Waals surface area contributed by atoms with Gasteiger partial charge in [-0.2, -0.15) is 0 Å². The molecule has 0 saturated heterocycles. The van der Waals surface area contributed by atoms with Crippen molar-refractivity contribution in [1.82, 2.24) is 19.7 Å². The van der Waals surface area contributed by atoms with Crippen LogP contribution in [0, 0.1) is 5.82 Å². The molecule has 0 bridgehead atoms. The van der Waals surface area contributed by atoms with Gasteiger partial charge in [-0.25, -0.2) is 8.60 Å². The number of rotatable bonds is 9. The summed E-state index contributed by atoms with van der Waals surface area (Å²) in [5, 5.41) is 8.40. The first-order chi connectivity index (χ1) is 15.6. The Bertz CT molecular complexity index is 1190. The molecule has 1 unspecified atom stereocenters. The van der Waals surface area contributed by atoms with Gasteiger partial charge < -0.3 is 13.9 Å². The molecule has 3 aromatic heterocycles. The minimum absolute atomic E-state index is 0.213. The van der Waals surface area contributed by atoms with Gasteiger partial charge in [0.25, 0.3) is 0 Å². The van der Waals surface area contributed by atoms with Crippen LogP contribution in [-0.4, -0.2) is 43.9 Å². The molecule has 1 aromatic carbocycles. The van der Waals surface area contributed by atoms with Crippen LogP contribution in [-0.2, 0) is 17.4 Å². The third-order valence-corrected chi connectivity index (χ3v) is 5.55. The van der Waals surface area contributed by atoms with Gasteiger partial charge in [0.15, 0.2) is 5.76 Å². The number of hydrogen-bond donors (Lipinski definition) is 1. The smallest absolute Gasteiger partial charge is 0.241 e. The Hall–Kier alpha value is -3.73. The van der Waals surface area contributed by atoms with E-state index in [0.29, 0.717) is 40.9 Å². The molecule has 11 heteroatoms. The largest absolute Gasteiger partial charge is 0.494 e. The lowest BCUT2D eigenvalue weighted by atomic mass is 10.2. The fraction of sp³-hybridized carbons (Fsp3) is 0.190. The summed E-state index contributed by atoms with van der Waals surface area (Å²) >= 11 is 0. The van der Waals surface area contributed by atoms with Crippen molar-refractivity contribution in [2.75, 3.05) is 24.7 Å². The summed E-state index contributed by atoms with van der Waals surface area (Å²) in [6.45, 7) is 0. The number of nitrogens with one attached hydrogen (secondary N) is 1. The van der Waals surface area contributed by atoms with E-state index in [1.807, 2.05) is 0 Å². The number of pyridine rings is 1. The van der Waals surface area contributed by atoms with Crippen LogP contribution in [0.2, 0.25) is 0 Å². The molecule has 3 heterocycles. The first kappa shape index (κ1) is 21.5. The highest BCUT2D eigenvalue weighted by Crippen LogP contribution is 2.37. The highest BCUT2D eigenvalue weighted by Gasteiger charge is 2.24. The SMILES string of the molecule is COc1cccc(OC)c1-n1c(NS(=O)CCc2ccc(F)cn2)nnc1-c1ccco1. The van der Waals surface area contributed by atoms with Crippen LogP contribution in [0.25, 0.3) is 17.3 Å². The van der Waals surface area contributed by atoms with Gasteiger partial charge in [-0.05, 0) is 36.4 Å². The van der Waals surface area contributed by atoms with Crippen LogP contribution in [0.3, 0.4) is 0 Å². The Morgan fingerprint density at radius 3 is 2.50 bits per heavy atom. The molecule has 32 heavy (non-hydrogen) atoms. The minimum Gasteiger partial charge on any atom is -0.494 e. The highest BCUT2D eigenvalue weighted by molar-refractivity contribution is 7.86. The summed E-state index contributed by atoms with van der Waals surface area (Å²) in [5.74, 6) is 1.85. The van der Waals surface area contributed by atoms with E-state index in [1.54, 1.807) is 41.0 Å².